The van der Waals surface area contributed by atoms with Gasteiger partial charge in [-0.3, -0.25) is 9.59 Å². The molecule has 3 rings (SSSR count). The first-order chi connectivity index (χ1) is 12.7. The predicted molar refractivity (Wildman–Crippen MR) is 109 cm³/mol. The first-order valence-electron chi connectivity index (χ1n) is 9.45. The fourth-order valence-corrected chi connectivity index (χ4v) is 3.65. The van der Waals surface area contributed by atoms with Crippen molar-refractivity contribution in [3.8, 4) is 0 Å². The Morgan fingerprint density at radius 2 is 1.78 bits per heavy atom. The smallest absolute Gasteiger partial charge is 0.251 e. The highest BCUT2D eigenvalue weighted by atomic mass is 16.2. The fraction of sp³-hybridized carbons (Fsp3) is 0.391. The summed E-state index contributed by atoms with van der Waals surface area (Å²) in [5, 5.41) is 3.05. The quantitative estimate of drug-likeness (QED) is 0.858. The number of nitrogens with one attached hydrogen (secondary N) is 1. The third-order valence-electron chi connectivity index (χ3n) is 5.07. The van der Waals surface area contributed by atoms with Crippen LogP contribution in [0.15, 0.2) is 42.5 Å². The number of aryl methyl sites for hydroxylation is 2. The molecule has 142 valence electrons. The van der Waals surface area contributed by atoms with Gasteiger partial charge in [-0.25, -0.2) is 0 Å². The molecular weight excluding hydrogens is 336 g/mol. The van der Waals surface area contributed by atoms with Crippen molar-refractivity contribution in [2.45, 2.75) is 47.1 Å². The van der Waals surface area contributed by atoms with Gasteiger partial charge in [0.25, 0.3) is 5.91 Å². The normalized spacial score (nSPS) is 16.6. The summed E-state index contributed by atoms with van der Waals surface area (Å²) in [4.78, 5) is 28.1. The van der Waals surface area contributed by atoms with E-state index >= 15 is 0 Å². The number of hydrogen-bond acceptors (Lipinski definition) is 2. The van der Waals surface area contributed by atoms with Crippen molar-refractivity contribution >= 4 is 17.5 Å². The van der Waals surface area contributed by atoms with E-state index in [1.165, 1.54) is 0 Å². The third kappa shape index (κ3) is 3.90. The highest BCUT2D eigenvalue weighted by Gasteiger charge is 2.39. The third-order valence-corrected chi connectivity index (χ3v) is 5.07. The van der Waals surface area contributed by atoms with Gasteiger partial charge in [-0.05, 0) is 43.0 Å². The number of fused-ring (bicyclic) bond motifs is 1. The zero-order valence-electron chi connectivity index (χ0n) is 16.8. The minimum atomic E-state index is -0.609. The van der Waals surface area contributed by atoms with Crippen molar-refractivity contribution < 1.29 is 9.59 Å². The summed E-state index contributed by atoms with van der Waals surface area (Å²) in [6.07, 6.45) is 0.769. The molecule has 2 aromatic rings. The topological polar surface area (TPSA) is 49.4 Å². The Labute approximate surface area is 161 Å². The molecule has 1 aliphatic heterocycles. The van der Waals surface area contributed by atoms with Crippen molar-refractivity contribution in [3.05, 3.63) is 64.7 Å². The maximum Gasteiger partial charge on any atom is 0.251 e. The molecule has 1 aliphatic rings. The highest BCUT2D eigenvalue weighted by molar-refractivity contribution is 5.99. The summed E-state index contributed by atoms with van der Waals surface area (Å²) in [6, 6.07) is 13.3. The molecule has 0 bridgehead atoms. The molecule has 0 fully saturated rings. The van der Waals surface area contributed by atoms with Crippen LogP contribution < -0.4 is 5.32 Å². The molecule has 0 aromatic heterocycles. The largest absolute Gasteiger partial charge is 0.326 e. The fourth-order valence-electron chi connectivity index (χ4n) is 3.65. The van der Waals surface area contributed by atoms with Crippen LogP contribution in [0.3, 0.4) is 0 Å². The molecule has 0 radical (unpaired) electrons. The van der Waals surface area contributed by atoms with Gasteiger partial charge in [0.05, 0.1) is 0 Å². The minimum absolute atomic E-state index is 0.00205. The molecule has 2 aromatic carbocycles. The van der Waals surface area contributed by atoms with Gasteiger partial charge < -0.3 is 10.2 Å². The first kappa shape index (κ1) is 19.2. The lowest BCUT2D eigenvalue weighted by molar-refractivity contribution is -0.146. The Hall–Kier alpha value is -2.62. The molecule has 0 saturated heterocycles. The number of benzene rings is 2. The number of amides is 2. The molecule has 4 nitrogen and oxygen atoms in total. The number of nitrogens with zero attached hydrogens (tertiary/aromatic N) is 1. The van der Waals surface area contributed by atoms with Crippen molar-refractivity contribution in [1.82, 2.24) is 4.90 Å². The molecular formula is C23H28N2O2. The first-order valence-corrected chi connectivity index (χ1v) is 9.45. The Bertz CT molecular complexity index is 880. The molecule has 1 heterocycles. The average Bonchev–Trinajstić information content (AvgIpc) is 2.61. The van der Waals surface area contributed by atoms with Crippen LogP contribution in [0.1, 0.15) is 49.1 Å². The monoisotopic (exact) mass is 364 g/mol. The van der Waals surface area contributed by atoms with Gasteiger partial charge in [0.15, 0.2) is 0 Å². The molecule has 0 spiro atoms. The maximum atomic E-state index is 13.3. The summed E-state index contributed by atoms with van der Waals surface area (Å²) in [5.74, 6) is -0.163. The number of hydrogen-bond donors (Lipinski definition) is 1. The van der Waals surface area contributed by atoms with Crippen LogP contribution >= 0.6 is 0 Å². The number of carbonyl (C=O) groups excluding carboxylic acids is 2. The van der Waals surface area contributed by atoms with Crippen molar-refractivity contribution in [2.24, 2.45) is 5.41 Å². The van der Waals surface area contributed by atoms with Crippen molar-refractivity contribution in [1.29, 1.82) is 0 Å². The van der Waals surface area contributed by atoms with E-state index in [0.29, 0.717) is 6.54 Å². The molecule has 1 atom stereocenters. The summed E-state index contributed by atoms with van der Waals surface area (Å²) in [7, 11) is 0. The van der Waals surface area contributed by atoms with E-state index in [1.54, 1.807) is 4.90 Å². The summed E-state index contributed by atoms with van der Waals surface area (Å²) in [5.41, 5.74) is 4.47. The lowest BCUT2D eigenvalue weighted by Crippen LogP contribution is -2.49. The van der Waals surface area contributed by atoms with E-state index in [2.05, 4.69) is 5.32 Å². The minimum Gasteiger partial charge on any atom is -0.326 e. The van der Waals surface area contributed by atoms with Crippen molar-refractivity contribution in [2.75, 3.05) is 11.9 Å². The van der Waals surface area contributed by atoms with E-state index in [0.717, 1.165) is 34.4 Å². The predicted octanol–water partition coefficient (Wildman–Crippen LogP) is 4.41. The standard InChI is InChI=1S/C23H28N2O2/c1-15-10-11-19(16(2)14-15)24-21(26)20-18-9-7-6-8-17(18)12-13-25(20)22(27)23(3,4)5/h6-11,14,20H,12-13H2,1-5H3,(H,24,26). The van der Waals surface area contributed by atoms with Gasteiger partial charge in [-0.1, -0.05) is 62.7 Å². The van der Waals surface area contributed by atoms with Crippen molar-refractivity contribution in [3.63, 3.8) is 0 Å². The molecule has 0 aliphatic carbocycles. The van der Waals surface area contributed by atoms with Crippen LogP contribution in [0.25, 0.3) is 0 Å². The molecule has 1 N–H and O–H groups in total. The van der Waals surface area contributed by atoms with Crippen LogP contribution in [-0.4, -0.2) is 23.3 Å². The second-order valence-electron chi connectivity index (χ2n) is 8.41. The second kappa shape index (κ2) is 7.18. The van der Waals surface area contributed by atoms with Crippen LogP contribution in [-0.2, 0) is 16.0 Å². The second-order valence-corrected chi connectivity index (χ2v) is 8.41. The Morgan fingerprint density at radius 3 is 2.44 bits per heavy atom. The maximum absolute atomic E-state index is 13.3. The lowest BCUT2D eigenvalue weighted by atomic mass is 9.87. The van der Waals surface area contributed by atoms with Crippen LogP contribution in [0.5, 0.6) is 0 Å². The van der Waals surface area contributed by atoms with E-state index in [4.69, 9.17) is 0 Å². The van der Waals surface area contributed by atoms with Crippen LogP contribution in [0, 0.1) is 19.3 Å². The number of anilines is 1. The number of carbonyl (C=O) groups is 2. The van der Waals surface area contributed by atoms with Gasteiger partial charge in [0.2, 0.25) is 5.91 Å². The summed E-state index contributed by atoms with van der Waals surface area (Å²) < 4.78 is 0. The van der Waals surface area contributed by atoms with Gasteiger partial charge in [0, 0.05) is 17.6 Å². The Morgan fingerprint density at radius 1 is 1.07 bits per heavy atom. The van der Waals surface area contributed by atoms with E-state index in [1.807, 2.05) is 77.1 Å². The Balaban J connectivity index is 1.98. The lowest BCUT2D eigenvalue weighted by Gasteiger charge is -2.39. The number of rotatable bonds is 2. The highest BCUT2D eigenvalue weighted by Crippen LogP contribution is 2.34. The average molecular weight is 364 g/mol. The van der Waals surface area contributed by atoms with Gasteiger partial charge in [0.1, 0.15) is 6.04 Å². The molecule has 0 saturated carbocycles. The molecule has 27 heavy (non-hydrogen) atoms. The van der Waals surface area contributed by atoms with Gasteiger partial charge in [-0.2, -0.15) is 0 Å². The van der Waals surface area contributed by atoms with E-state index in [-0.39, 0.29) is 11.8 Å². The molecule has 2 amide bonds. The molecule has 1 unspecified atom stereocenters. The molecule has 4 heteroatoms. The van der Waals surface area contributed by atoms with E-state index < -0.39 is 11.5 Å². The zero-order chi connectivity index (χ0) is 19.8. The Kier molecular flexibility index (Phi) is 5.09. The SMILES string of the molecule is Cc1ccc(NC(=O)C2c3ccccc3CCN2C(=O)C(C)(C)C)c(C)c1. The van der Waals surface area contributed by atoms with Gasteiger partial charge in [-0.15, -0.1) is 0 Å². The summed E-state index contributed by atoms with van der Waals surface area (Å²) in [6.45, 7) is 10.3. The van der Waals surface area contributed by atoms with Crippen LogP contribution in [0.4, 0.5) is 5.69 Å². The zero-order valence-corrected chi connectivity index (χ0v) is 16.8. The summed E-state index contributed by atoms with van der Waals surface area (Å²) >= 11 is 0. The van der Waals surface area contributed by atoms with Gasteiger partial charge >= 0.3 is 0 Å². The van der Waals surface area contributed by atoms with E-state index in [9.17, 15) is 9.59 Å². The van der Waals surface area contributed by atoms with Crippen LogP contribution in [0.2, 0.25) is 0 Å².